The van der Waals surface area contributed by atoms with E-state index in [9.17, 15) is 0 Å². The Morgan fingerprint density at radius 3 is 3.00 bits per heavy atom. The molecule has 0 saturated heterocycles. The topological polar surface area (TPSA) is 80.5 Å². The van der Waals surface area contributed by atoms with Crippen molar-refractivity contribution in [3.63, 3.8) is 0 Å². The van der Waals surface area contributed by atoms with E-state index in [1.165, 1.54) is 0 Å². The minimum Gasteiger partial charge on any atom is -0.384 e. The minimum atomic E-state index is 0.300. The van der Waals surface area contributed by atoms with Crippen LogP contribution in [0.2, 0.25) is 0 Å². The van der Waals surface area contributed by atoms with E-state index in [1.54, 1.807) is 0 Å². The van der Waals surface area contributed by atoms with Crippen molar-refractivity contribution in [2.75, 3.05) is 0 Å². The largest absolute Gasteiger partial charge is 0.384 e. The molecule has 0 radical (unpaired) electrons. The Balaban J connectivity index is 2.58. The Hall–Kier alpha value is -0.690. The van der Waals surface area contributed by atoms with Gasteiger partial charge in [-0.3, -0.25) is 0 Å². The van der Waals surface area contributed by atoms with Crippen LogP contribution in [0.3, 0.4) is 0 Å². The summed E-state index contributed by atoms with van der Waals surface area (Å²) in [5, 5.41) is 13.2. The van der Waals surface area contributed by atoms with Gasteiger partial charge in [-0.1, -0.05) is 12.2 Å². The fraction of sp³-hybridized carbons (Fsp3) is 0. The number of tetrazole rings is 1. The van der Waals surface area contributed by atoms with Gasteiger partial charge in [0.2, 0.25) is 5.16 Å². The highest BCUT2D eigenvalue weighted by Crippen LogP contribution is 2.08. The Bertz CT molecular complexity index is 193. The van der Waals surface area contributed by atoms with Gasteiger partial charge in [-0.15, -0.1) is 5.10 Å². The second-order valence-corrected chi connectivity index (χ2v) is 2.86. The fourth-order valence-electron chi connectivity index (χ4n) is 0.289. The maximum absolute atomic E-state index is 5.16. The highest BCUT2D eigenvalue weighted by molar-refractivity contribution is 8.22. The quantitative estimate of drug-likeness (QED) is 0.428. The molecule has 7 heteroatoms. The van der Waals surface area contributed by atoms with Crippen LogP contribution in [0.5, 0.6) is 0 Å². The lowest BCUT2D eigenvalue weighted by molar-refractivity contribution is 0.881. The molecule has 0 aliphatic rings. The number of rotatable bonds is 1. The third-order valence-electron chi connectivity index (χ3n) is 0.523. The van der Waals surface area contributed by atoms with Crippen molar-refractivity contribution in [2.45, 2.75) is 5.16 Å². The van der Waals surface area contributed by atoms with E-state index in [1.807, 2.05) is 0 Å². The van der Waals surface area contributed by atoms with Crippen LogP contribution in [0.4, 0.5) is 0 Å². The van der Waals surface area contributed by atoms with E-state index in [2.05, 4.69) is 32.8 Å². The van der Waals surface area contributed by atoms with Crippen molar-refractivity contribution in [1.29, 1.82) is 0 Å². The lowest BCUT2D eigenvalue weighted by Gasteiger charge is -1.86. The molecule has 3 N–H and O–H groups in total. The Kier molecular flexibility index (Phi) is 1.96. The Morgan fingerprint density at radius 1 is 1.78 bits per heavy atom. The number of thioether (sulfide) groups is 1. The number of aromatic amines is 1. The van der Waals surface area contributed by atoms with Crippen molar-refractivity contribution in [3.05, 3.63) is 0 Å². The molecule has 0 fully saturated rings. The predicted molar refractivity (Wildman–Crippen MR) is 36.8 cm³/mol. The zero-order chi connectivity index (χ0) is 6.69. The second-order valence-electron chi connectivity index (χ2n) is 1.13. The Labute approximate surface area is 60.4 Å². The molecule has 5 nitrogen and oxygen atoms in total. The number of hydrogen-bond donors (Lipinski definition) is 2. The fourth-order valence-corrected chi connectivity index (χ4v) is 0.880. The average molecular weight is 161 g/mol. The molecule has 0 aromatic carbocycles. The first-order valence-corrected chi connectivity index (χ1v) is 3.22. The summed E-state index contributed by atoms with van der Waals surface area (Å²) in [6.45, 7) is 0. The summed E-state index contributed by atoms with van der Waals surface area (Å²) in [6.07, 6.45) is 0. The van der Waals surface area contributed by atoms with Gasteiger partial charge in [0, 0.05) is 0 Å². The highest BCUT2D eigenvalue weighted by atomic mass is 32.2. The van der Waals surface area contributed by atoms with Crippen LogP contribution in [0, 0.1) is 0 Å². The lowest BCUT2D eigenvalue weighted by Crippen LogP contribution is -2.01. The number of nitrogens with one attached hydrogen (secondary N) is 1. The molecule has 1 aromatic heterocycles. The van der Waals surface area contributed by atoms with E-state index in [4.69, 9.17) is 5.73 Å². The summed E-state index contributed by atoms with van der Waals surface area (Å²) in [5.74, 6) is 0. The van der Waals surface area contributed by atoms with Gasteiger partial charge in [-0.25, -0.2) is 5.10 Å². The third kappa shape index (κ3) is 1.94. The number of aromatic nitrogens is 4. The average Bonchev–Trinajstić information content (AvgIpc) is 2.15. The van der Waals surface area contributed by atoms with Gasteiger partial charge in [0.05, 0.1) is 0 Å². The molecule has 0 bridgehead atoms. The first-order chi connectivity index (χ1) is 4.29. The summed E-state index contributed by atoms with van der Waals surface area (Å²) >= 11 is 5.69. The maximum atomic E-state index is 5.16. The van der Waals surface area contributed by atoms with Crippen LogP contribution in [0.15, 0.2) is 5.16 Å². The Morgan fingerprint density at radius 2 is 2.56 bits per heavy atom. The minimum absolute atomic E-state index is 0.300. The molecule has 0 unspecified atom stereocenters. The van der Waals surface area contributed by atoms with E-state index < -0.39 is 0 Å². The smallest absolute Gasteiger partial charge is 0.213 e. The highest BCUT2D eigenvalue weighted by Gasteiger charge is 1.97. The standard InChI is InChI=1S/C2H3N5S2/c3-1(8)9-2-4-6-7-5-2/h(H2,3,8)(H,4,5,6,7). The molecule has 1 aromatic rings. The molecular formula is C2H3N5S2. The molecular weight excluding hydrogens is 158 g/mol. The number of hydrogen-bond acceptors (Lipinski definition) is 5. The summed E-state index contributed by atoms with van der Waals surface area (Å²) in [6, 6.07) is 0. The zero-order valence-electron chi connectivity index (χ0n) is 4.24. The molecule has 1 heterocycles. The summed E-state index contributed by atoms with van der Waals surface area (Å²) in [5.41, 5.74) is 5.16. The van der Waals surface area contributed by atoms with Gasteiger partial charge in [-0.2, -0.15) is 0 Å². The van der Waals surface area contributed by atoms with Crippen molar-refractivity contribution < 1.29 is 0 Å². The zero-order valence-corrected chi connectivity index (χ0v) is 5.87. The van der Waals surface area contributed by atoms with Gasteiger partial charge >= 0.3 is 0 Å². The van der Waals surface area contributed by atoms with Gasteiger partial charge in [-0.05, 0) is 22.2 Å². The molecule has 0 atom stereocenters. The lowest BCUT2D eigenvalue weighted by atomic mass is 11.4. The van der Waals surface area contributed by atoms with Crippen molar-refractivity contribution in [1.82, 2.24) is 20.6 Å². The summed E-state index contributed by atoms with van der Waals surface area (Å²) in [4.78, 5) is 0. The van der Waals surface area contributed by atoms with E-state index in [0.29, 0.717) is 9.48 Å². The number of thiocarbonyl (C=S) groups is 1. The van der Waals surface area contributed by atoms with Crippen LogP contribution in [0.1, 0.15) is 0 Å². The predicted octanol–water partition coefficient (Wildman–Crippen LogP) is -0.465. The molecule has 9 heavy (non-hydrogen) atoms. The maximum Gasteiger partial charge on any atom is 0.213 e. The first-order valence-electron chi connectivity index (χ1n) is 2.00. The molecule has 0 spiro atoms. The molecule has 0 aliphatic carbocycles. The van der Waals surface area contributed by atoms with Gasteiger partial charge in [0.25, 0.3) is 0 Å². The second kappa shape index (κ2) is 2.74. The molecule has 0 amide bonds. The third-order valence-corrected chi connectivity index (χ3v) is 1.34. The number of nitrogens with zero attached hydrogens (tertiary/aromatic N) is 3. The van der Waals surface area contributed by atoms with Crippen molar-refractivity contribution in [3.8, 4) is 0 Å². The molecule has 1 rings (SSSR count). The summed E-state index contributed by atoms with van der Waals surface area (Å²) < 4.78 is 0.300. The van der Waals surface area contributed by atoms with Crippen LogP contribution in [-0.2, 0) is 0 Å². The monoisotopic (exact) mass is 161 g/mol. The molecule has 0 aliphatic heterocycles. The summed E-state index contributed by atoms with van der Waals surface area (Å²) in [7, 11) is 0. The van der Waals surface area contributed by atoms with E-state index in [0.717, 1.165) is 11.8 Å². The molecule has 48 valence electrons. The van der Waals surface area contributed by atoms with Crippen molar-refractivity contribution in [2.24, 2.45) is 5.73 Å². The van der Waals surface area contributed by atoms with Crippen LogP contribution in [-0.4, -0.2) is 24.9 Å². The van der Waals surface area contributed by atoms with Gasteiger partial charge in [0.1, 0.15) is 4.32 Å². The SMILES string of the molecule is NC(=S)Sc1nnn[nH]1. The van der Waals surface area contributed by atoms with Crippen LogP contribution >= 0.6 is 24.0 Å². The molecule has 0 saturated carbocycles. The first kappa shape index (κ1) is 6.43. The normalized spacial score (nSPS) is 9.33. The van der Waals surface area contributed by atoms with E-state index in [-0.39, 0.29) is 0 Å². The number of H-pyrrole nitrogens is 1. The van der Waals surface area contributed by atoms with Crippen LogP contribution < -0.4 is 5.73 Å². The van der Waals surface area contributed by atoms with E-state index >= 15 is 0 Å². The number of nitrogens with two attached hydrogens (primary N) is 1. The van der Waals surface area contributed by atoms with Crippen LogP contribution in [0.25, 0.3) is 0 Å². The van der Waals surface area contributed by atoms with Crippen molar-refractivity contribution >= 4 is 28.3 Å². The van der Waals surface area contributed by atoms with Gasteiger partial charge in [0.15, 0.2) is 0 Å². The van der Waals surface area contributed by atoms with Gasteiger partial charge < -0.3 is 5.73 Å².